The van der Waals surface area contributed by atoms with Crippen LogP contribution in [0.5, 0.6) is 5.75 Å². The first kappa shape index (κ1) is 19.1. The van der Waals surface area contributed by atoms with Crippen molar-refractivity contribution in [3.8, 4) is 5.75 Å². The third-order valence-corrected chi connectivity index (χ3v) is 5.36. The van der Waals surface area contributed by atoms with Crippen molar-refractivity contribution in [3.05, 3.63) is 46.5 Å². The van der Waals surface area contributed by atoms with E-state index in [9.17, 15) is 13.2 Å². The Morgan fingerprint density at radius 2 is 1.72 bits per heavy atom. The predicted molar refractivity (Wildman–Crippen MR) is 99.0 cm³/mol. The number of ether oxygens (including phenoxy) is 1. The first-order valence-corrected chi connectivity index (χ1v) is 9.25. The van der Waals surface area contributed by atoms with Crippen molar-refractivity contribution >= 4 is 38.9 Å². The van der Waals surface area contributed by atoms with Crippen LogP contribution in [0.2, 0.25) is 5.02 Å². The number of aryl methyl sites for hydroxylation is 2. The average molecular weight is 383 g/mol. The molecule has 0 radical (unpaired) electrons. The van der Waals surface area contributed by atoms with Gasteiger partial charge in [-0.3, -0.25) is 9.52 Å². The lowest BCUT2D eigenvalue weighted by atomic mass is 10.1. The molecule has 0 fully saturated rings. The standard InChI is InChI=1S/C17H19ClN2O4S/c1-10-7-14(19-12(3)21)8-11(2)17(10)25(22,23)20-15-9-13(18)5-6-16(15)24-4/h5-9,20H,1-4H3,(H,19,21). The first-order chi connectivity index (χ1) is 11.6. The molecule has 2 aromatic rings. The van der Waals surface area contributed by atoms with Gasteiger partial charge in [0, 0.05) is 17.6 Å². The minimum atomic E-state index is -3.87. The molecule has 0 heterocycles. The van der Waals surface area contributed by atoms with Crippen LogP contribution in [0.25, 0.3) is 0 Å². The molecule has 0 spiro atoms. The van der Waals surface area contributed by atoms with E-state index in [4.69, 9.17) is 16.3 Å². The maximum atomic E-state index is 12.9. The molecular weight excluding hydrogens is 364 g/mol. The second-order valence-corrected chi connectivity index (χ2v) is 7.63. The topological polar surface area (TPSA) is 84.5 Å². The zero-order valence-corrected chi connectivity index (χ0v) is 15.9. The lowest BCUT2D eigenvalue weighted by Crippen LogP contribution is -2.17. The molecule has 0 aromatic heterocycles. The van der Waals surface area contributed by atoms with Crippen molar-refractivity contribution in [3.63, 3.8) is 0 Å². The van der Waals surface area contributed by atoms with Crippen LogP contribution >= 0.6 is 11.6 Å². The second-order valence-electron chi connectivity index (χ2n) is 5.57. The van der Waals surface area contributed by atoms with Crippen LogP contribution in [-0.2, 0) is 14.8 Å². The molecule has 0 saturated carbocycles. The van der Waals surface area contributed by atoms with Crippen molar-refractivity contribution in [1.29, 1.82) is 0 Å². The number of methoxy groups -OCH3 is 1. The smallest absolute Gasteiger partial charge is 0.262 e. The highest BCUT2D eigenvalue weighted by Gasteiger charge is 2.22. The van der Waals surface area contributed by atoms with Crippen LogP contribution in [0, 0.1) is 13.8 Å². The second kappa shape index (κ2) is 7.33. The van der Waals surface area contributed by atoms with Gasteiger partial charge in [0.15, 0.2) is 0 Å². The van der Waals surface area contributed by atoms with E-state index in [-0.39, 0.29) is 16.5 Å². The Morgan fingerprint density at radius 3 is 2.24 bits per heavy atom. The molecule has 0 saturated heterocycles. The van der Waals surface area contributed by atoms with Crippen molar-refractivity contribution < 1.29 is 17.9 Å². The monoisotopic (exact) mass is 382 g/mol. The van der Waals surface area contributed by atoms with Crippen molar-refractivity contribution in [2.45, 2.75) is 25.7 Å². The number of sulfonamides is 1. The van der Waals surface area contributed by atoms with Gasteiger partial charge in [0.25, 0.3) is 10.0 Å². The summed E-state index contributed by atoms with van der Waals surface area (Å²) >= 11 is 5.95. The zero-order chi connectivity index (χ0) is 18.8. The SMILES string of the molecule is COc1ccc(Cl)cc1NS(=O)(=O)c1c(C)cc(NC(C)=O)cc1C. The summed E-state index contributed by atoms with van der Waals surface area (Å²) in [6.07, 6.45) is 0. The van der Waals surface area contributed by atoms with Gasteiger partial charge in [0.1, 0.15) is 5.75 Å². The van der Waals surface area contributed by atoms with Gasteiger partial charge in [-0.05, 0) is 55.3 Å². The minimum Gasteiger partial charge on any atom is -0.495 e. The fourth-order valence-electron chi connectivity index (χ4n) is 2.61. The van der Waals surface area contributed by atoms with Gasteiger partial charge in [-0.1, -0.05) is 11.6 Å². The summed E-state index contributed by atoms with van der Waals surface area (Å²) in [5, 5.41) is 3.03. The molecule has 2 N–H and O–H groups in total. The number of anilines is 2. The van der Waals surface area contributed by atoms with Crippen LogP contribution in [0.3, 0.4) is 0 Å². The van der Waals surface area contributed by atoms with Gasteiger partial charge in [-0.2, -0.15) is 0 Å². The molecule has 0 aliphatic carbocycles. The maximum Gasteiger partial charge on any atom is 0.262 e. The molecule has 0 bridgehead atoms. The number of carbonyl (C=O) groups excluding carboxylic acids is 1. The number of hydrogen-bond acceptors (Lipinski definition) is 4. The molecule has 25 heavy (non-hydrogen) atoms. The molecule has 2 rings (SSSR count). The van der Waals surface area contributed by atoms with Crippen LogP contribution < -0.4 is 14.8 Å². The highest BCUT2D eigenvalue weighted by atomic mass is 35.5. The third kappa shape index (κ3) is 4.43. The highest BCUT2D eigenvalue weighted by molar-refractivity contribution is 7.92. The number of carbonyl (C=O) groups is 1. The summed E-state index contributed by atoms with van der Waals surface area (Å²) in [6.45, 7) is 4.73. The highest BCUT2D eigenvalue weighted by Crippen LogP contribution is 2.32. The van der Waals surface area contributed by atoms with Gasteiger partial charge >= 0.3 is 0 Å². The summed E-state index contributed by atoms with van der Waals surface area (Å²) in [6, 6.07) is 7.89. The average Bonchev–Trinajstić information content (AvgIpc) is 2.45. The normalized spacial score (nSPS) is 11.1. The van der Waals surface area contributed by atoms with Crippen LogP contribution in [0.4, 0.5) is 11.4 Å². The molecule has 134 valence electrons. The maximum absolute atomic E-state index is 12.9. The van der Waals surface area contributed by atoms with Crippen molar-refractivity contribution in [2.75, 3.05) is 17.1 Å². The first-order valence-electron chi connectivity index (χ1n) is 7.39. The van der Waals surface area contributed by atoms with Crippen molar-refractivity contribution in [1.82, 2.24) is 0 Å². The fourth-order valence-corrected chi connectivity index (χ4v) is 4.29. The van der Waals surface area contributed by atoms with E-state index in [1.807, 2.05) is 0 Å². The van der Waals surface area contributed by atoms with E-state index in [2.05, 4.69) is 10.0 Å². The van der Waals surface area contributed by atoms with E-state index in [0.29, 0.717) is 27.6 Å². The summed E-state index contributed by atoms with van der Waals surface area (Å²) in [4.78, 5) is 11.3. The molecule has 2 aromatic carbocycles. The molecule has 0 aliphatic rings. The molecule has 6 nitrogen and oxygen atoms in total. The molecule has 0 atom stereocenters. The number of benzene rings is 2. The predicted octanol–water partition coefficient (Wildman–Crippen LogP) is 3.72. The summed E-state index contributed by atoms with van der Waals surface area (Å²) < 4.78 is 33.4. The van der Waals surface area contributed by atoms with Gasteiger partial charge in [0.2, 0.25) is 5.91 Å². The van der Waals surface area contributed by atoms with Crippen LogP contribution in [0.1, 0.15) is 18.1 Å². The molecule has 0 unspecified atom stereocenters. The van der Waals surface area contributed by atoms with Gasteiger partial charge < -0.3 is 10.1 Å². The number of halogens is 1. The number of nitrogens with one attached hydrogen (secondary N) is 2. The van der Waals surface area contributed by atoms with Crippen LogP contribution in [0.15, 0.2) is 35.2 Å². The number of amides is 1. The van der Waals surface area contributed by atoms with Gasteiger partial charge in [-0.15, -0.1) is 0 Å². The van der Waals surface area contributed by atoms with Gasteiger partial charge in [-0.25, -0.2) is 8.42 Å². The third-order valence-electron chi connectivity index (χ3n) is 3.46. The lowest BCUT2D eigenvalue weighted by Gasteiger charge is -2.16. The van der Waals surface area contributed by atoms with Gasteiger partial charge in [0.05, 0.1) is 17.7 Å². The summed E-state index contributed by atoms with van der Waals surface area (Å²) in [7, 11) is -2.43. The molecular formula is C17H19ClN2O4S. The Labute approximate surface area is 152 Å². The Bertz CT molecular complexity index is 903. The van der Waals surface area contributed by atoms with E-state index in [1.165, 1.54) is 20.1 Å². The lowest BCUT2D eigenvalue weighted by molar-refractivity contribution is -0.114. The Hall–Kier alpha value is -2.25. The molecule has 8 heteroatoms. The fraction of sp³-hybridized carbons (Fsp3) is 0.235. The quantitative estimate of drug-likeness (QED) is 0.825. The summed E-state index contributed by atoms with van der Waals surface area (Å²) in [5.41, 5.74) is 1.82. The zero-order valence-electron chi connectivity index (χ0n) is 14.3. The van der Waals surface area contributed by atoms with E-state index >= 15 is 0 Å². The Kier molecular flexibility index (Phi) is 5.59. The Morgan fingerprint density at radius 1 is 1.12 bits per heavy atom. The van der Waals surface area contributed by atoms with Crippen LogP contribution in [-0.4, -0.2) is 21.4 Å². The molecule has 0 aliphatic heterocycles. The number of rotatable bonds is 5. The largest absolute Gasteiger partial charge is 0.495 e. The van der Waals surface area contributed by atoms with E-state index in [1.54, 1.807) is 38.1 Å². The minimum absolute atomic E-state index is 0.142. The summed E-state index contributed by atoms with van der Waals surface area (Å²) in [5.74, 6) is 0.134. The number of hydrogen-bond donors (Lipinski definition) is 2. The van der Waals surface area contributed by atoms with E-state index < -0.39 is 10.0 Å². The Balaban J connectivity index is 2.47. The van der Waals surface area contributed by atoms with Crippen molar-refractivity contribution in [2.24, 2.45) is 0 Å². The van der Waals surface area contributed by atoms with E-state index in [0.717, 1.165) is 0 Å². The molecule has 1 amide bonds.